The largest absolute Gasteiger partial charge is 0.321 e. The summed E-state index contributed by atoms with van der Waals surface area (Å²) in [5.41, 5.74) is 3.68. The highest BCUT2D eigenvalue weighted by molar-refractivity contribution is 9.10. The van der Waals surface area contributed by atoms with E-state index in [1.165, 1.54) is 0 Å². The Kier molecular flexibility index (Phi) is 5.13. The number of hydrogen-bond donors (Lipinski definition) is 1. The second-order valence-electron chi connectivity index (χ2n) is 4.99. The lowest BCUT2D eigenvalue weighted by Gasteiger charge is -2.08. The molecule has 0 aliphatic rings. The van der Waals surface area contributed by atoms with Gasteiger partial charge in [0.1, 0.15) is 11.6 Å². The molecule has 0 atom stereocenters. The summed E-state index contributed by atoms with van der Waals surface area (Å²) >= 11 is 3.35. The Morgan fingerprint density at radius 1 is 1.18 bits per heavy atom. The van der Waals surface area contributed by atoms with Gasteiger partial charge in [-0.25, -0.2) is 0 Å². The van der Waals surface area contributed by atoms with Gasteiger partial charge in [0.25, 0.3) is 5.91 Å². The van der Waals surface area contributed by atoms with Crippen molar-refractivity contribution >= 4 is 33.6 Å². The maximum Gasteiger partial charge on any atom is 0.266 e. The summed E-state index contributed by atoms with van der Waals surface area (Å²) in [6, 6.07) is 15.1. The minimum Gasteiger partial charge on any atom is -0.321 e. The molecular weight excluding hydrogens is 340 g/mol. The normalized spacial score (nSPS) is 10.9. The van der Waals surface area contributed by atoms with Gasteiger partial charge in [-0.2, -0.15) is 5.26 Å². The van der Waals surface area contributed by atoms with Crippen molar-refractivity contribution in [3.05, 3.63) is 69.2 Å². The number of nitrogens with one attached hydrogen (secondary N) is 1. The molecule has 0 bridgehead atoms. The molecular formula is C18H15BrN2O. The molecule has 0 fully saturated rings. The van der Waals surface area contributed by atoms with Crippen molar-refractivity contribution in [1.29, 1.82) is 5.26 Å². The van der Waals surface area contributed by atoms with Crippen LogP contribution in [0.25, 0.3) is 6.08 Å². The summed E-state index contributed by atoms with van der Waals surface area (Å²) in [5.74, 6) is -0.405. The van der Waals surface area contributed by atoms with Crippen molar-refractivity contribution in [3.63, 3.8) is 0 Å². The lowest BCUT2D eigenvalue weighted by molar-refractivity contribution is -0.112. The number of halogens is 1. The van der Waals surface area contributed by atoms with Crippen LogP contribution in [0.2, 0.25) is 0 Å². The third-order valence-corrected chi connectivity index (χ3v) is 3.70. The molecule has 0 aromatic heterocycles. The van der Waals surface area contributed by atoms with E-state index in [0.717, 1.165) is 21.2 Å². The average Bonchev–Trinajstić information content (AvgIpc) is 2.49. The zero-order chi connectivity index (χ0) is 16.1. The van der Waals surface area contributed by atoms with Gasteiger partial charge in [-0.05, 0) is 49.2 Å². The monoisotopic (exact) mass is 354 g/mol. The second kappa shape index (κ2) is 7.06. The Labute approximate surface area is 138 Å². The molecule has 0 radical (unpaired) electrons. The fraction of sp³-hybridized carbons (Fsp3) is 0.111. The van der Waals surface area contributed by atoms with Crippen molar-refractivity contribution in [2.75, 3.05) is 5.32 Å². The zero-order valence-electron chi connectivity index (χ0n) is 12.4. The fourth-order valence-corrected chi connectivity index (χ4v) is 2.28. The molecule has 0 saturated carbocycles. The SMILES string of the molecule is Cc1ccc(NC(=O)C(C#N)=Cc2ccc(Br)cc2)c(C)c1. The number of nitrogens with zero attached hydrogens (tertiary/aromatic N) is 1. The minimum absolute atomic E-state index is 0.0716. The minimum atomic E-state index is -0.405. The first-order chi connectivity index (χ1) is 10.5. The predicted molar refractivity (Wildman–Crippen MR) is 92.3 cm³/mol. The zero-order valence-corrected chi connectivity index (χ0v) is 13.9. The molecule has 0 spiro atoms. The Balaban J connectivity index is 2.22. The summed E-state index contributed by atoms with van der Waals surface area (Å²) in [7, 11) is 0. The van der Waals surface area contributed by atoms with Gasteiger partial charge in [-0.15, -0.1) is 0 Å². The van der Waals surface area contributed by atoms with E-state index in [4.69, 9.17) is 0 Å². The first kappa shape index (κ1) is 16.0. The topological polar surface area (TPSA) is 52.9 Å². The van der Waals surface area contributed by atoms with Gasteiger partial charge >= 0.3 is 0 Å². The lowest BCUT2D eigenvalue weighted by Crippen LogP contribution is -2.14. The number of anilines is 1. The molecule has 2 aromatic rings. The summed E-state index contributed by atoms with van der Waals surface area (Å²) < 4.78 is 0.947. The van der Waals surface area contributed by atoms with Gasteiger partial charge in [0.2, 0.25) is 0 Å². The van der Waals surface area contributed by atoms with Crippen molar-refractivity contribution in [2.24, 2.45) is 0 Å². The average molecular weight is 355 g/mol. The predicted octanol–water partition coefficient (Wildman–Crippen LogP) is 4.61. The Hall–Kier alpha value is -2.38. The van der Waals surface area contributed by atoms with E-state index in [1.54, 1.807) is 6.08 Å². The van der Waals surface area contributed by atoms with Crippen molar-refractivity contribution in [1.82, 2.24) is 0 Å². The maximum atomic E-state index is 12.2. The van der Waals surface area contributed by atoms with E-state index in [1.807, 2.05) is 62.4 Å². The van der Waals surface area contributed by atoms with E-state index in [2.05, 4.69) is 21.2 Å². The quantitative estimate of drug-likeness (QED) is 0.646. The molecule has 0 aliphatic heterocycles. The van der Waals surface area contributed by atoms with Crippen LogP contribution in [0, 0.1) is 25.2 Å². The van der Waals surface area contributed by atoms with Crippen LogP contribution in [0.3, 0.4) is 0 Å². The van der Waals surface area contributed by atoms with Crippen LogP contribution in [0.5, 0.6) is 0 Å². The standard InChI is InChI=1S/C18H15BrN2O/c1-12-3-8-17(13(2)9-12)21-18(22)15(11-20)10-14-4-6-16(19)7-5-14/h3-10H,1-2H3,(H,21,22). The molecule has 1 amide bonds. The number of carbonyl (C=O) groups is 1. The number of rotatable bonds is 3. The molecule has 0 heterocycles. The number of hydrogen-bond acceptors (Lipinski definition) is 2. The van der Waals surface area contributed by atoms with Gasteiger partial charge in [0.15, 0.2) is 0 Å². The van der Waals surface area contributed by atoms with Gasteiger partial charge in [-0.1, -0.05) is 45.8 Å². The summed E-state index contributed by atoms with van der Waals surface area (Å²) in [4.78, 5) is 12.2. The molecule has 3 nitrogen and oxygen atoms in total. The molecule has 110 valence electrons. The third kappa shape index (κ3) is 4.06. The van der Waals surface area contributed by atoms with Crippen LogP contribution < -0.4 is 5.32 Å². The Morgan fingerprint density at radius 2 is 1.86 bits per heavy atom. The molecule has 0 saturated heterocycles. The Morgan fingerprint density at radius 3 is 2.45 bits per heavy atom. The molecule has 2 aromatic carbocycles. The number of nitriles is 1. The summed E-state index contributed by atoms with van der Waals surface area (Å²) in [5, 5.41) is 12.0. The van der Waals surface area contributed by atoms with E-state index in [0.29, 0.717) is 5.69 Å². The van der Waals surface area contributed by atoms with E-state index >= 15 is 0 Å². The van der Waals surface area contributed by atoms with Gasteiger partial charge in [-0.3, -0.25) is 4.79 Å². The van der Waals surface area contributed by atoms with Gasteiger partial charge in [0, 0.05) is 10.2 Å². The Bertz CT molecular complexity index is 771. The van der Waals surface area contributed by atoms with Crippen molar-refractivity contribution in [3.8, 4) is 6.07 Å². The van der Waals surface area contributed by atoms with E-state index in [-0.39, 0.29) is 5.57 Å². The van der Waals surface area contributed by atoms with Crippen molar-refractivity contribution < 1.29 is 4.79 Å². The van der Waals surface area contributed by atoms with Crippen LogP contribution in [0.4, 0.5) is 5.69 Å². The highest BCUT2D eigenvalue weighted by Crippen LogP contribution is 2.18. The number of benzene rings is 2. The fourth-order valence-electron chi connectivity index (χ4n) is 2.02. The summed E-state index contributed by atoms with van der Waals surface area (Å²) in [6.45, 7) is 3.92. The molecule has 4 heteroatoms. The van der Waals surface area contributed by atoms with Crippen LogP contribution in [-0.4, -0.2) is 5.91 Å². The number of amides is 1. The van der Waals surface area contributed by atoms with Gasteiger partial charge < -0.3 is 5.32 Å². The highest BCUT2D eigenvalue weighted by atomic mass is 79.9. The lowest BCUT2D eigenvalue weighted by atomic mass is 10.1. The van der Waals surface area contributed by atoms with Crippen molar-refractivity contribution in [2.45, 2.75) is 13.8 Å². The highest BCUT2D eigenvalue weighted by Gasteiger charge is 2.10. The van der Waals surface area contributed by atoms with Crippen LogP contribution in [0.1, 0.15) is 16.7 Å². The molecule has 2 rings (SSSR count). The third-order valence-electron chi connectivity index (χ3n) is 3.18. The second-order valence-corrected chi connectivity index (χ2v) is 5.91. The maximum absolute atomic E-state index is 12.2. The van der Waals surface area contributed by atoms with Crippen LogP contribution in [-0.2, 0) is 4.79 Å². The van der Waals surface area contributed by atoms with Crippen LogP contribution in [0.15, 0.2) is 52.5 Å². The molecule has 1 N–H and O–H groups in total. The molecule has 0 unspecified atom stereocenters. The summed E-state index contributed by atoms with van der Waals surface area (Å²) in [6.07, 6.45) is 1.57. The van der Waals surface area contributed by atoms with Gasteiger partial charge in [0.05, 0.1) is 0 Å². The molecule has 22 heavy (non-hydrogen) atoms. The van der Waals surface area contributed by atoms with E-state index < -0.39 is 5.91 Å². The number of aryl methyl sites for hydroxylation is 2. The number of carbonyl (C=O) groups excluding carboxylic acids is 1. The van der Waals surface area contributed by atoms with Crippen LogP contribution >= 0.6 is 15.9 Å². The van der Waals surface area contributed by atoms with E-state index in [9.17, 15) is 10.1 Å². The first-order valence-corrected chi connectivity index (χ1v) is 7.55. The smallest absolute Gasteiger partial charge is 0.266 e. The first-order valence-electron chi connectivity index (χ1n) is 6.75. The molecule has 0 aliphatic carbocycles.